The molecule has 0 radical (unpaired) electrons. The molecule has 1 aromatic heterocycles. The van der Waals surface area contributed by atoms with Gasteiger partial charge < -0.3 is 15.0 Å². The van der Waals surface area contributed by atoms with Gasteiger partial charge in [-0.1, -0.05) is 0 Å². The largest absolute Gasteiger partial charge is 0.481 e. The van der Waals surface area contributed by atoms with E-state index in [1.807, 2.05) is 6.07 Å². The molecule has 1 N–H and O–H groups in total. The Morgan fingerprint density at radius 1 is 1.39 bits per heavy atom. The molecule has 0 amide bonds. The maximum absolute atomic E-state index is 5.07. The van der Waals surface area contributed by atoms with Crippen LogP contribution in [0.2, 0.25) is 0 Å². The van der Waals surface area contributed by atoms with Gasteiger partial charge in [0.05, 0.1) is 7.11 Å². The number of nitrogens with zero attached hydrogens (tertiary/aromatic N) is 3. The molecule has 2 rings (SSSR count). The molecule has 0 saturated carbocycles. The Bertz CT molecular complexity index is 364. The number of hydrogen-bond acceptors (Lipinski definition) is 5. The van der Waals surface area contributed by atoms with E-state index in [0.29, 0.717) is 5.88 Å². The van der Waals surface area contributed by atoms with Crippen molar-refractivity contribution in [3.63, 3.8) is 0 Å². The Morgan fingerprint density at radius 2 is 2.17 bits per heavy atom. The third-order valence-corrected chi connectivity index (χ3v) is 3.55. The summed E-state index contributed by atoms with van der Waals surface area (Å²) >= 11 is 0. The zero-order valence-electron chi connectivity index (χ0n) is 11.2. The van der Waals surface area contributed by atoms with E-state index in [-0.39, 0.29) is 0 Å². The van der Waals surface area contributed by atoms with Crippen molar-refractivity contribution in [1.29, 1.82) is 0 Å². The third-order valence-electron chi connectivity index (χ3n) is 3.55. The molecule has 1 fully saturated rings. The molecule has 0 atom stereocenters. The number of piperidine rings is 1. The second-order valence-corrected chi connectivity index (χ2v) is 4.91. The van der Waals surface area contributed by atoms with Crippen LogP contribution >= 0.6 is 0 Å². The standard InChI is InChI=1S/C13H22N4O/c1-17-7-4-11(5-8-17)3-6-14-12-9-13(18-2)16-10-15-12/h9-11H,3-8H2,1-2H3,(H,14,15,16). The normalized spacial score (nSPS) is 17.7. The van der Waals surface area contributed by atoms with Crippen LogP contribution in [0.15, 0.2) is 12.4 Å². The quantitative estimate of drug-likeness (QED) is 0.860. The number of rotatable bonds is 5. The van der Waals surface area contributed by atoms with Crippen molar-refractivity contribution in [3.05, 3.63) is 12.4 Å². The molecule has 0 bridgehead atoms. The van der Waals surface area contributed by atoms with Crippen LogP contribution in [0.25, 0.3) is 0 Å². The lowest BCUT2D eigenvalue weighted by Gasteiger charge is -2.28. The van der Waals surface area contributed by atoms with Crippen molar-refractivity contribution >= 4 is 5.82 Å². The SMILES string of the molecule is COc1cc(NCCC2CCN(C)CC2)ncn1. The summed E-state index contributed by atoms with van der Waals surface area (Å²) < 4.78 is 5.07. The van der Waals surface area contributed by atoms with Gasteiger partial charge in [0.15, 0.2) is 0 Å². The van der Waals surface area contributed by atoms with Crippen LogP contribution in [0.3, 0.4) is 0 Å². The molecular formula is C13H22N4O. The van der Waals surface area contributed by atoms with Gasteiger partial charge in [-0.2, -0.15) is 0 Å². The molecule has 18 heavy (non-hydrogen) atoms. The first-order chi connectivity index (χ1) is 8.78. The molecule has 5 heteroatoms. The summed E-state index contributed by atoms with van der Waals surface area (Å²) in [5, 5.41) is 3.33. The van der Waals surface area contributed by atoms with Crippen molar-refractivity contribution in [1.82, 2.24) is 14.9 Å². The van der Waals surface area contributed by atoms with E-state index in [1.165, 1.54) is 38.7 Å². The minimum absolute atomic E-state index is 0.604. The van der Waals surface area contributed by atoms with E-state index in [9.17, 15) is 0 Å². The van der Waals surface area contributed by atoms with Gasteiger partial charge in [0, 0.05) is 12.6 Å². The molecule has 1 aliphatic heterocycles. The topological polar surface area (TPSA) is 50.3 Å². The highest BCUT2D eigenvalue weighted by atomic mass is 16.5. The smallest absolute Gasteiger partial charge is 0.218 e. The lowest BCUT2D eigenvalue weighted by atomic mass is 9.94. The van der Waals surface area contributed by atoms with E-state index >= 15 is 0 Å². The van der Waals surface area contributed by atoms with Crippen molar-refractivity contribution in [2.75, 3.05) is 39.1 Å². The number of hydrogen-bond donors (Lipinski definition) is 1. The molecule has 0 aliphatic carbocycles. The van der Waals surface area contributed by atoms with Gasteiger partial charge in [-0.3, -0.25) is 0 Å². The van der Waals surface area contributed by atoms with Crippen molar-refractivity contribution in [2.24, 2.45) is 5.92 Å². The molecule has 0 spiro atoms. The number of anilines is 1. The monoisotopic (exact) mass is 250 g/mol. The first-order valence-corrected chi connectivity index (χ1v) is 6.56. The van der Waals surface area contributed by atoms with Gasteiger partial charge in [-0.05, 0) is 45.3 Å². The molecule has 1 aromatic rings. The van der Waals surface area contributed by atoms with Crippen LogP contribution in [-0.4, -0.2) is 48.7 Å². The number of likely N-dealkylation sites (tertiary alicyclic amines) is 1. The van der Waals surface area contributed by atoms with Crippen LogP contribution < -0.4 is 10.1 Å². The summed E-state index contributed by atoms with van der Waals surface area (Å²) in [4.78, 5) is 10.6. The van der Waals surface area contributed by atoms with Crippen LogP contribution in [0.4, 0.5) is 5.82 Å². The lowest BCUT2D eigenvalue weighted by Crippen LogP contribution is -2.30. The van der Waals surface area contributed by atoms with Crippen LogP contribution in [0.1, 0.15) is 19.3 Å². The summed E-state index contributed by atoms with van der Waals surface area (Å²) in [5.41, 5.74) is 0. The third kappa shape index (κ3) is 3.84. The predicted octanol–water partition coefficient (Wildman–Crippen LogP) is 1.63. The van der Waals surface area contributed by atoms with Crippen LogP contribution in [0, 0.1) is 5.92 Å². The highest BCUT2D eigenvalue weighted by Crippen LogP contribution is 2.19. The van der Waals surface area contributed by atoms with Gasteiger partial charge in [0.2, 0.25) is 5.88 Å². The molecule has 2 heterocycles. The maximum Gasteiger partial charge on any atom is 0.218 e. The van der Waals surface area contributed by atoms with Gasteiger partial charge >= 0.3 is 0 Å². The number of ether oxygens (including phenoxy) is 1. The van der Waals surface area contributed by atoms with E-state index < -0.39 is 0 Å². The van der Waals surface area contributed by atoms with Crippen LogP contribution in [-0.2, 0) is 0 Å². The fraction of sp³-hybridized carbons (Fsp3) is 0.692. The van der Waals surface area contributed by atoms with Crippen molar-refractivity contribution < 1.29 is 4.74 Å². The Hall–Kier alpha value is -1.36. The predicted molar refractivity (Wildman–Crippen MR) is 71.9 cm³/mol. The van der Waals surface area contributed by atoms with E-state index in [2.05, 4.69) is 27.2 Å². The van der Waals surface area contributed by atoms with Gasteiger partial charge in [0.25, 0.3) is 0 Å². The Morgan fingerprint density at radius 3 is 2.89 bits per heavy atom. The molecule has 5 nitrogen and oxygen atoms in total. The Balaban J connectivity index is 1.71. The summed E-state index contributed by atoms with van der Waals surface area (Å²) in [6.07, 6.45) is 5.35. The van der Waals surface area contributed by atoms with Crippen molar-refractivity contribution in [2.45, 2.75) is 19.3 Å². The van der Waals surface area contributed by atoms with Gasteiger partial charge in [0.1, 0.15) is 12.1 Å². The summed E-state index contributed by atoms with van der Waals surface area (Å²) in [5.74, 6) is 2.29. The summed E-state index contributed by atoms with van der Waals surface area (Å²) in [6.45, 7) is 3.42. The van der Waals surface area contributed by atoms with Crippen molar-refractivity contribution in [3.8, 4) is 5.88 Å². The molecule has 0 aromatic carbocycles. The Labute approximate surface area is 109 Å². The van der Waals surface area contributed by atoms with Crippen LogP contribution in [0.5, 0.6) is 5.88 Å². The Kier molecular flexibility index (Phi) is 4.75. The highest BCUT2D eigenvalue weighted by molar-refractivity contribution is 5.36. The number of aromatic nitrogens is 2. The fourth-order valence-corrected chi connectivity index (χ4v) is 2.30. The molecule has 100 valence electrons. The molecule has 1 saturated heterocycles. The highest BCUT2D eigenvalue weighted by Gasteiger charge is 2.15. The zero-order valence-corrected chi connectivity index (χ0v) is 11.2. The lowest BCUT2D eigenvalue weighted by molar-refractivity contribution is 0.215. The fourth-order valence-electron chi connectivity index (χ4n) is 2.30. The summed E-state index contributed by atoms with van der Waals surface area (Å²) in [7, 11) is 3.81. The second kappa shape index (κ2) is 6.54. The van der Waals surface area contributed by atoms with Gasteiger partial charge in [-0.15, -0.1) is 0 Å². The average Bonchev–Trinajstić information content (AvgIpc) is 2.41. The zero-order chi connectivity index (χ0) is 12.8. The molecular weight excluding hydrogens is 228 g/mol. The first-order valence-electron chi connectivity index (χ1n) is 6.56. The number of nitrogens with one attached hydrogen (secondary N) is 1. The minimum Gasteiger partial charge on any atom is -0.481 e. The van der Waals surface area contributed by atoms with Gasteiger partial charge in [-0.25, -0.2) is 9.97 Å². The number of methoxy groups -OCH3 is 1. The molecule has 1 aliphatic rings. The minimum atomic E-state index is 0.604. The average molecular weight is 250 g/mol. The first kappa shape index (κ1) is 13.1. The van der Waals surface area contributed by atoms with E-state index in [0.717, 1.165) is 18.3 Å². The van der Waals surface area contributed by atoms with E-state index in [4.69, 9.17) is 4.74 Å². The molecule has 0 unspecified atom stereocenters. The second-order valence-electron chi connectivity index (χ2n) is 4.91. The summed E-state index contributed by atoms with van der Waals surface area (Å²) in [6, 6.07) is 1.83. The maximum atomic E-state index is 5.07. The van der Waals surface area contributed by atoms with E-state index in [1.54, 1.807) is 7.11 Å².